The number of anilines is 2. The van der Waals surface area contributed by atoms with Crippen molar-refractivity contribution < 1.29 is 9.47 Å². The zero-order chi connectivity index (χ0) is 13.8. The highest BCUT2D eigenvalue weighted by Crippen LogP contribution is 2.31. The van der Waals surface area contributed by atoms with Gasteiger partial charge in [-0.3, -0.25) is 0 Å². The average molecular weight is 324 g/mol. The number of halogens is 1. The summed E-state index contributed by atoms with van der Waals surface area (Å²) in [7, 11) is 3.21. The number of ether oxygens (including phenoxy) is 2. The molecule has 0 aliphatic carbocycles. The molecule has 1 N–H and O–H groups in total. The average Bonchev–Trinajstić information content (AvgIpc) is 2.37. The minimum atomic E-state index is 0.664. The van der Waals surface area contributed by atoms with Gasteiger partial charge in [-0.1, -0.05) is 0 Å². The van der Waals surface area contributed by atoms with Crippen LogP contribution in [-0.2, 0) is 0 Å². The fraction of sp³-hybridized carbons (Fsp3) is 0.231. The first-order chi connectivity index (χ1) is 9.12. The van der Waals surface area contributed by atoms with Gasteiger partial charge in [-0.25, -0.2) is 9.97 Å². The van der Waals surface area contributed by atoms with E-state index in [1.165, 1.54) is 0 Å². The van der Waals surface area contributed by atoms with Crippen LogP contribution in [0.15, 0.2) is 28.9 Å². The first-order valence-electron chi connectivity index (χ1n) is 5.62. The molecule has 5 nitrogen and oxygen atoms in total. The Bertz CT molecular complexity index is 570. The summed E-state index contributed by atoms with van der Waals surface area (Å²) in [6.45, 7) is 1.84. The lowest BCUT2D eigenvalue weighted by molar-refractivity contribution is 0.355. The van der Waals surface area contributed by atoms with Crippen LogP contribution in [0, 0.1) is 6.92 Å². The molecule has 1 aromatic heterocycles. The zero-order valence-electron chi connectivity index (χ0n) is 10.9. The highest BCUT2D eigenvalue weighted by atomic mass is 79.9. The molecule has 0 aliphatic rings. The van der Waals surface area contributed by atoms with Crippen molar-refractivity contribution in [3.8, 4) is 11.5 Å². The normalized spacial score (nSPS) is 10.1. The fourth-order valence-corrected chi connectivity index (χ4v) is 2.13. The van der Waals surface area contributed by atoms with E-state index in [0.29, 0.717) is 23.1 Å². The maximum absolute atomic E-state index is 5.26. The summed E-state index contributed by atoms with van der Waals surface area (Å²) in [5.74, 6) is 2.76. The minimum Gasteiger partial charge on any atom is -0.493 e. The van der Waals surface area contributed by atoms with E-state index in [9.17, 15) is 0 Å². The first kappa shape index (κ1) is 13.6. The van der Waals surface area contributed by atoms with Crippen molar-refractivity contribution >= 4 is 27.4 Å². The Labute approximate surface area is 120 Å². The van der Waals surface area contributed by atoms with E-state index in [1.54, 1.807) is 14.2 Å². The van der Waals surface area contributed by atoms with Crippen LogP contribution < -0.4 is 14.8 Å². The van der Waals surface area contributed by atoms with Gasteiger partial charge in [0.2, 0.25) is 0 Å². The summed E-state index contributed by atoms with van der Waals surface area (Å²) in [6.07, 6.45) is 0. The summed E-state index contributed by atoms with van der Waals surface area (Å²) in [5, 5.41) is 3.19. The Balaban J connectivity index is 2.28. The van der Waals surface area contributed by atoms with Gasteiger partial charge in [-0.05, 0) is 35.0 Å². The van der Waals surface area contributed by atoms with E-state index in [4.69, 9.17) is 9.47 Å². The first-order valence-corrected chi connectivity index (χ1v) is 6.42. The molecule has 0 saturated heterocycles. The molecule has 1 heterocycles. The molecule has 1 aromatic carbocycles. The Morgan fingerprint density at radius 3 is 2.42 bits per heavy atom. The number of rotatable bonds is 4. The van der Waals surface area contributed by atoms with Crippen molar-refractivity contribution in [1.82, 2.24) is 9.97 Å². The maximum atomic E-state index is 5.26. The molecule has 100 valence electrons. The lowest BCUT2D eigenvalue weighted by Gasteiger charge is -2.11. The third kappa shape index (κ3) is 3.35. The third-order valence-electron chi connectivity index (χ3n) is 2.46. The molecule has 0 spiro atoms. The second-order valence-electron chi connectivity index (χ2n) is 3.82. The molecule has 0 saturated carbocycles. The van der Waals surface area contributed by atoms with Crippen molar-refractivity contribution in [3.63, 3.8) is 0 Å². The number of aromatic nitrogens is 2. The molecule has 0 bridgehead atoms. The molecule has 0 radical (unpaired) electrons. The number of nitrogens with one attached hydrogen (secondary N) is 1. The van der Waals surface area contributed by atoms with Gasteiger partial charge in [-0.2, -0.15) is 0 Å². The molecule has 19 heavy (non-hydrogen) atoms. The molecular weight excluding hydrogens is 310 g/mol. The quantitative estimate of drug-likeness (QED) is 0.875. The molecule has 0 amide bonds. The van der Waals surface area contributed by atoms with Crippen molar-refractivity contribution in [2.24, 2.45) is 0 Å². The van der Waals surface area contributed by atoms with Gasteiger partial charge >= 0.3 is 0 Å². The van der Waals surface area contributed by atoms with Crippen molar-refractivity contribution in [1.29, 1.82) is 0 Å². The van der Waals surface area contributed by atoms with Crippen LogP contribution in [-0.4, -0.2) is 24.2 Å². The maximum Gasteiger partial charge on any atom is 0.162 e. The van der Waals surface area contributed by atoms with Gasteiger partial charge in [0.05, 0.1) is 14.2 Å². The number of nitrogens with zero attached hydrogens (tertiary/aromatic N) is 2. The second-order valence-corrected chi connectivity index (χ2v) is 4.63. The van der Waals surface area contributed by atoms with Crippen LogP contribution >= 0.6 is 15.9 Å². The molecule has 0 unspecified atom stereocenters. The zero-order valence-corrected chi connectivity index (χ0v) is 12.5. The SMILES string of the molecule is COc1ccc(Nc2cc(Br)nc(C)n2)cc1OC. The van der Waals surface area contributed by atoms with Crippen molar-refractivity contribution in [3.05, 3.63) is 34.7 Å². The van der Waals surface area contributed by atoms with E-state index < -0.39 is 0 Å². The summed E-state index contributed by atoms with van der Waals surface area (Å²) < 4.78 is 11.2. The highest BCUT2D eigenvalue weighted by molar-refractivity contribution is 9.10. The van der Waals surface area contributed by atoms with E-state index in [2.05, 4.69) is 31.2 Å². The number of benzene rings is 1. The van der Waals surface area contributed by atoms with E-state index >= 15 is 0 Å². The second kappa shape index (κ2) is 5.88. The van der Waals surface area contributed by atoms with E-state index in [0.717, 1.165) is 10.3 Å². The molecule has 0 atom stereocenters. The Hall–Kier alpha value is -1.82. The number of hydrogen-bond acceptors (Lipinski definition) is 5. The van der Waals surface area contributed by atoms with Gasteiger partial charge < -0.3 is 14.8 Å². The third-order valence-corrected chi connectivity index (χ3v) is 2.87. The van der Waals surface area contributed by atoms with Gasteiger partial charge in [0.15, 0.2) is 11.5 Å². The van der Waals surface area contributed by atoms with Crippen LogP contribution in [0.3, 0.4) is 0 Å². The Morgan fingerprint density at radius 1 is 1.05 bits per heavy atom. The monoisotopic (exact) mass is 323 g/mol. The van der Waals surface area contributed by atoms with Gasteiger partial charge in [-0.15, -0.1) is 0 Å². The number of methoxy groups -OCH3 is 2. The molecule has 6 heteroatoms. The molecule has 0 fully saturated rings. The van der Waals surface area contributed by atoms with Crippen molar-refractivity contribution in [2.75, 3.05) is 19.5 Å². The van der Waals surface area contributed by atoms with Crippen LogP contribution in [0.1, 0.15) is 5.82 Å². The Morgan fingerprint density at radius 2 is 1.79 bits per heavy atom. The molecule has 0 aliphatic heterocycles. The van der Waals surface area contributed by atoms with Gasteiger partial charge in [0.1, 0.15) is 16.2 Å². The fourth-order valence-electron chi connectivity index (χ4n) is 1.66. The van der Waals surface area contributed by atoms with E-state index in [-0.39, 0.29) is 0 Å². The Kier molecular flexibility index (Phi) is 4.21. The van der Waals surface area contributed by atoms with Gasteiger partial charge in [0.25, 0.3) is 0 Å². The van der Waals surface area contributed by atoms with Crippen LogP contribution in [0.25, 0.3) is 0 Å². The van der Waals surface area contributed by atoms with Crippen LogP contribution in [0.5, 0.6) is 11.5 Å². The highest BCUT2D eigenvalue weighted by Gasteiger charge is 2.06. The largest absolute Gasteiger partial charge is 0.493 e. The summed E-state index contributed by atoms with van der Waals surface area (Å²) in [6, 6.07) is 7.39. The summed E-state index contributed by atoms with van der Waals surface area (Å²) >= 11 is 3.34. The predicted octanol–water partition coefficient (Wildman–Crippen LogP) is 3.31. The number of aryl methyl sites for hydroxylation is 1. The predicted molar refractivity (Wildman–Crippen MR) is 77.3 cm³/mol. The van der Waals surface area contributed by atoms with E-state index in [1.807, 2.05) is 31.2 Å². The lowest BCUT2D eigenvalue weighted by atomic mass is 10.2. The number of hydrogen-bond donors (Lipinski definition) is 1. The van der Waals surface area contributed by atoms with Gasteiger partial charge in [0, 0.05) is 17.8 Å². The molecular formula is C13H14BrN3O2. The minimum absolute atomic E-state index is 0.664. The molecule has 2 rings (SSSR count). The lowest BCUT2D eigenvalue weighted by Crippen LogP contribution is -1.98. The smallest absolute Gasteiger partial charge is 0.162 e. The summed E-state index contributed by atoms with van der Waals surface area (Å²) in [5.41, 5.74) is 0.864. The van der Waals surface area contributed by atoms with Crippen LogP contribution in [0.2, 0.25) is 0 Å². The standard InChI is InChI=1S/C13H14BrN3O2/c1-8-15-12(14)7-13(16-8)17-9-4-5-10(18-2)11(6-9)19-3/h4-7H,1-3H3,(H,15,16,17). The summed E-state index contributed by atoms with van der Waals surface area (Å²) in [4.78, 5) is 8.46. The van der Waals surface area contributed by atoms with Crippen molar-refractivity contribution in [2.45, 2.75) is 6.92 Å². The molecule has 2 aromatic rings. The topological polar surface area (TPSA) is 56.3 Å². The van der Waals surface area contributed by atoms with Crippen LogP contribution in [0.4, 0.5) is 11.5 Å².